The first kappa shape index (κ1) is 16.7. The van der Waals surface area contributed by atoms with E-state index in [1.807, 2.05) is 37.3 Å². The van der Waals surface area contributed by atoms with E-state index in [2.05, 4.69) is 25.9 Å². The summed E-state index contributed by atoms with van der Waals surface area (Å²) < 4.78 is 5.01. The average molecular weight is 315 g/mol. The Bertz CT molecular complexity index is 658. The van der Waals surface area contributed by atoms with Crippen LogP contribution in [-0.2, 0) is 9.53 Å². The Morgan fingerprint density at radius 3 is 2.43 bits per heavy atom. The van der Waals surface area contributed by atoms with Gasteiger partial charge in [0.1, 0.15) is 17.5 Å². The molecule has 0 spiro atoms. The number of carbonyl (C=O) groups is 1. The van der Waals surface area contributed by atoms with Gasteiger partial charge in [0.25, 0.3) is 0 Å². The summed E-state index contributed by atoms with van der Waals surface area (Å²) in [6, 6.07) is 9.25. The number of anilines is 4. The van der Waals surface area contributed by atoms with Crippen LogP contribution in [0.1, 0.15) is 12.7 Å². The van der Waals surface area contributed by atoms with Gasteiger partial charge in [-0.25, -0.2) is 9.97 Å². The van der Waals surface area contributed by atoms with Crippen LogP contribution in [0.4, 0.5) is 23.0 Å². The molecule has 0 aliphatic heterocycles. The van der Waals surface area contributed by atoms with Crippen molar-refractivity contribution < 1.29 is 9.53 Å². The largest absolute Gasteiger partial charge is 0.383 e. The molecule has 0 aliphatic carbocycles. The molecule has 7 nitrogen and oxygen atoms in total. The molecule has 0 bridgehead atoms. The third kappa shape index (κ3) is 5.55. The normalized spacial score (nSPS) is 10.2. The molecule has 0 aliphatic rings. The molecule has 3 N–H and O–H groups in total. The zero-order valence-electron chi connectivity index (χ0n) is 13.5. The number of aromatic nitrogens is 2. The maximum Gasteiger partial charge on any atom is 0.221 e. The zero-order valence-corrected chi connectivity index (χ0v) is 13.5. The molecule has 1 heterocycles. The summed E-state index contributed by atoms with van der Waals surface area (Å²) in [5.74, 6) is 2.02. The fourth-order valence-corrected chi connectivity index (χ4v) is 1.99. The van der Waals surface area contributed by atoms with Crippen LogP contribution in [0.3, 0.4) is 0 Å². The quantitative estimate of drug-likeness (QED) is 0.681. The summed E-state index contributed by atoms with van der Waals surface area (Å²) in [6.07, 6.45) is 0. The van der Waals surface area contributed by atoms with Crippen molar-refractivity contribution in [1.29, 1.82) is 0 Å². The minimum absolute atomic E-state index is 0.0936. The summed E-state index contributed by atoms with van der Waals surface area (Å²) >= 11 is 0. The van der Waals surface area contributed by atoms with Gasteiger partial charge in [-0.2, -0.15) is 0 Å². The minimum atomic E-state index is -0.0936. The summed E-state index contributed by atoms with van der Waals surface area (Å²) in [6.45, 7) is 4.61. The standard InChI is InChI=1S/C16H21N5O2/c1-11-18-15(17-8-9-23-3)10-16(19-11)21-14-6-4-13(5-7-14)20-12(2)22/h4-7,10H,8-9H2,1-3H3,(H,20,22)(H2,17,18,19,21). The van der Waals surface area contributed by atoms with Crippen LogP contribution in [0.25, 0.3) is 0 Å². The number of hydrogen-bond acceptors (Lipinski definition) is 6. The van der Waals surface area contributed by atoms with Crippen LogP contribution in [0, 0.1) is 6.92 Å². The Balaban J connectivity index is 2.05. The Morgan fingerprint density at radius 2 is 1.78 bits per heavy atom. The van der Waals surface area contributed by atoms with Crippen LogP contribution in [-0.4, -0.2) is 36.1 Å². The lowest BCUT2D eigenvalue weighted by molar-refractivity contribution is -0.114. The van der Waals surface area contributed by atoms with Crippen molar-refractivity contribution in [3.8, 4) is 0 Å². The molecule has 122 valence electrons. The van der Waals surface area contributed by atoms with Crippen molar-refractivity contribution in [2.24, 2.45) is 0 Å². The summed E-state index contributed by atoms with van der Waals surface area (Å²) in [5, 5.41) is 9.13. The Hall–Kier alpha value is -2.67. The molecule has 0 unspecified atom stereocenters. The van der Waals surface area contributed by atoms with Crippen molar-refractivity contribution in [3.63, 3.8) is 0 Å². The highest BCUT2D eigenvalue weighted by Gasteiger charge is 2.03. The van der Waals surface area contributed by atoms with Gasteiger partial charge in [0, 0.05) is 38.0 Å². The van der Waals surface area contributed by atoms with Crippen molar-refractivity contribution >= 4 is 28.9 Å². The Labute approximate surface area is 135 Å². The highest BCUT2D eigenvalue weighted by Crippen LogP contribution is 2.19. The number of nitrogens with zero attached hydrogens (tertiary/aromatic N) is 2. The molecule has 1 aromatic heterocycles. The molecule has 2 aromatic rings. The molecule has 0 atom stereocenters. The van der Waals surface area contributed by atoms with Crippen molar-refractivity contribution in [1.82, 2.24) is 9.97 Å². The van der Waals surface area contributed by atoms with E-state index in [9.17, 15) is 4.79 Å². The Kier molecular flexibility index (Phi) is 5.87. The fraction of sp³-hybridized carbons (Fsp3) is 0.312. The molecular formula is C16H21N5O2. The minimum Gasteiger partial charge on any atom is -0.383 e. The summed E-state index contributed by atoms with van der Waals surface area (Å²) in [5.41, 5.74) is 1.63. The van der Waals surface area contributed by atoms with Crippen molar-refractivity contribution in [2.45, 2.75) is 13.8 Å². The van der Waals surface area contributed by atoms with Gasteiger partial charge in [0.05, 0.1) is 6.61 Å². The molecule has 0 radical (unpaired) electrons. The number of carbonyl (C=O) groups excluding carboxylic acids is 1. The molecule has 7 heteroatoms. The van der Waals surface area contributed by atoms with Crippen molar-refractivity contribution in [2.75, 3.05) is 36.2 Å². The predicted octanol–water partition coefficient (Wildman–Crippen LogP) is 2.55. The predicted molar refractivity (Wildman–Crippen MR) is 91.2 cm³/mol. The molecule has 1 amide bonds. The van der Waals surface area contributed by atoms with Crippen LogP contribution >= 0.6 is 0 Å². The van der Waals surface area contributed by atoms with Crippen molar-refractivity contribution in [3.05, 3.63) is 36.2 Å². The third-order valence-corrected chi connectivity index (χ3v) is 2.93. The van der Waals surface area contributed by atoms with E-state index in [-0.39, 0.29) is 5.91 Å². The lowest BCUT2D eigenvalue weighted by Crippen LogP contribution is -2.10. The van der Waals surface area contributed by atoms with Gasteiger partial charge in [-0.1, -0.05) is 0 Å². The van der Waals surface area contributed by atoms with Gasteiger partial charge < -0.3 is 20.7 Å². The van der Waals surface area contributed by atoms with E-state index in [0.29, 0.717) is 24.8 Å². The van der Waals surface area contributed by atoms with Gasteiger partial charge in [-0.3, -0.25) is 4.79 Å². The number of ether oxygens (including phenoxy) is 1. The molecule has 0 fully saturated rings. The highest BCUT2D eigenvalue weighted by molar-refractivity contribution is 5.88. The molecular weight excluding hydrogens is 294 g/mol. The van der Waals surface area contributed by atoms with E-state index in [1.54, 1.807) is 7.11 Å². The Morgan fingerprint density at radius 1 is 1.13 bits per heavy atom. The molecule has 0 saturated heterocycles. The van der Waals surface area contributed by atoms with Gasteiger partial charge in [0.15, 0.2) is 0 Å². The van der Waals surface area contributed by atoms with E-state index >= 15 is 0 Å². The van der Waals surface area contributed by atoms with Crippen LogP contribution in [0.5, 0.6) is 0 Å². The zero-order chi connectivity index (χ0) is 16.7. The first-order chi connectivity index (χ1) is 11.1. The van der Waals surface area contributed by atoms with Crippen LogP contribution in [0.2, 0.25) is 0 Å². The maximum atomic E-state index is 11.0. The third-order valence-electron chi connectivity index (χ3n) is 2.93. The first-order valence-electron chi connectivity index (χ1n) is 7.30. The number of nitrogens with one attached hydrogen (secondary N) is 3. The second-order valence-electron chi connectivity index (χ2n) is 4.99. The maximum absolute atomic E-state index is 11.0. The van der Waals surface area contributed by atoms with E-state index in [0.717, 1.165) is 17.2 Å². The lowest BCUT2D eigenvalue weighted by Gasteiger charge is -2.10. The molecule has 0 saturated carbocycles. The number of amides is 1. The molecule has 23 heavy (non-hydrogen) atoms. The number of rotatable bonds is 7. The fourth-order valence-electron chi connectivity index (χ4n) is 1.99. The van der Waals surface area contributed by atoms with Crippen LogP contribution in [0.15, 0.2) is 30.3 Å². The van der Waals surface area contributed by atoms with Gasteiger partial charge in [-0.05, 0) is 31.2 Å². The van der Waals surface area contributed by atoms with Gasteiger partial charge in [0.2, 0.25) is 5.91 Å². The number of methoxy groups -OCH3 is 1. The highest BCUT2D eigenvalue weighted by atomic mass is 16.5. The van der Waals surface area contributed by atoms with E-state index < -0.39 is 0 Å². The second kappa shape index (κ2) is 8.09. The van der Waals surface area contributed by atoms with Gasteiger partial charge >= 0.3 is 0 Å². The second-order valence-corrected chi connectivity index (χ2v) is 4.99. The van der Waals surface area contributed by atoms with Crippen LogP contribution < -0.4 is 16.0 Å². The monoisotopic (exact) mass is 315 g/mol. The topological polar surface area (TPSA) is 88.2 Å². The van der Waals surface area contributed by atoms with E-state index in [4.69, 9.17) is 4.74 Å². The SMILES string of the molecule is COCCNc1cc(Nc2ccc(NC(C)=O)cc2)nc(C)n1. The van der Waals surface area contributed by atoms with E-state index in [1.165, 1.54) is 6.92 Å². The summed E-state index contributed by atoms with van der Waals surface area (Å²) in [7, 11) is 1.66. The average Bonchev–Trinajstić information content (AvgIpc) is 2.48. The summed E-state index contributed by atoms with van der Waals surface area (Å²) in [4.78, 5) is 19.7. The number of benzene rings is 1. The lowest BCUT2D eigenvalue weighted by atomic mass is 10.2. The molecule has 2 rings (SSSR count). The van der Waals surface area contributed by atoms with Gasteiger partial charge in [-0.15, -0.1) is 0 Å². The molecule has 1 aromatic carbocycles. The number of hydrogen-bond donors (Lipinski definition) is 3. The first-order valence-corrected chi connectivity index (χ1v) is 7.30. The number of aryl methyl sites for hydroxylation is 1. The smallest absolute Gasteiger partial charge is 0.221 e.